The molecule has 4 nitrogen and oxygen atoms in total. The first-order valence-electron chi connectivity index (χ1n) is 8.67. The predicted molar refractivity (Wildman–Crippen MR) is 117 cm³/mol. The summed E-state index contributed by atoms with van der Waals surface area (Å²) >= 11 is 3.51. The highest BCUT2D eigenvalue weighted by Gasteiger charge is 2.15. The Kier molecular flexibility index (Phi) is 7.09. The number of rotatable bonds is 3. The molecule has 4 aromatic rings. The molecule has 4 rings (SSSR count). The van der Waals surface area contributed by atoms with Gasteiger partial charge in [-0.25, -0.2) is 0 Å². The van der Waals surface area contributed by atoms with Crippen molar-refractivity contribution < 1.29 is 10.0 Å². The summed E-state index contributed by atoms with van der Waals surface area (Å²) in [6.45, 7) is 0. The molecule has 0 aliphatic heterocycles. The highest BCUT2D eigenvalue weighted by atomic mass is 79.9. The van der Waals surface area contributed by atoms with E-state index in [4.69, 9.17) is 0 Å². The van der Waals surface area contributed by atoms with E-state index in [1.54, 1.807) is 30.7 Å². The Morgan fingerprint density at radius 3 is 1.71 bits per heavy atom. The minimum atomic E-state index is -1.46. The first-order valence-corrected chi connectivity index (χ1v) is 9.46. The van der Waals surface area contributed by atoms with Crippen molar-refractivity contribution >= 4 is 28.5 Å². The van der Waals surface area contributed by atoms with Crippen LogP contribution >= 0.6 is 15.9 Å². The normalized spacial score (nSPS) is 9.96. The molecule has 0 amide bonds. The molecular formula is C22H18BBrN2O2. The van der Waals surface area contributed by atoms with Crippen molar-refractivity contribution in [3.63, 3.8) is 0 Å². The predicted octanol–water partition coefficient (Wildman–Crippen LogP) is 3.94. The summed E-state index contributed by atoms with van der Waals surface area (Å²) in [5.74, 6) is 0. The van der Waals surface area contributed by atoms with Crippen LogP contribution in [0.5, 0.6) is 0 Å². The lowest BCUT2D eigenvalue weighted by atomic mass is 9.76. The smallest absolute Gasteiger partial charge is 0.423 e. The lowest BCUT2D eigenvalue weighted by Gasteiger charge is -2.07. The van der Waals surface area contributed by atoms with E-state index in [1.807, 2.05) is 60.8 Å². The van der Waals surface area contributed by atoms with Gasteiger partial charge in [0, 0.05) is 34.8 Å². The molecule has 0 saturated heterocycles. The Labute approximate surface area is 172 Å². The second kappa shape index (κ2) is 9.94. The number of nitrogens with zero attached hydrogens (tertiary/aromatic N) is 2. The zero-order valence-corrected chi connectivity index (χ0v) is 16.6. The lowest BCUT2D eigenvalue weighted by molar-refractivity contribution is 0.426. The fourth-order valence-corrected chi connectivity index (χ4v) is 3.24. The average Bonchev–Trinajstić information content (AvgIpc) is 2.76. The number of pyridine rings is 2. The van der Waals surface area contributed by atoms with Gasteiger partial charge >= 0.3 is 7.12 Å². The third kappa shape index (κ3) is 5.13. The zero-order chi connectivity index (χ0) is 19.8. The quantitative estimate of drug-likeness (QED) is 0.481. The van der Waals surface area contributed by atoms with Gasteiger partial charge in [0.2, 0.25) is 0 Å². The first kappa shape index (κ1) is 20.0. The van der Waals surface area contributed by atoms with Crippen LogP contribution in [0, 0.1) is 0 Å². The van der Waals surface area contributed by atoms with Gasteiger partial charge in [-0.1, -0.05) is 70.5 Å². The van der Waals surface area contributed by atoms with Crippen LogP contribution < -0.4 is 5.46 Å². The van der Waals surface area contributed by atoms with Gasteiger partial charge < -0.3 is 10.0 Å². The maximum absolute atomic E-state index is 9.20. The Hall–Kier alpha value is -2.80. The van der Waals surface area contributed by atoms with E-state index in [0.29, 0.717) is 5.46 Å². The fraction of sp³-hybridized carbons (Fsp3) is 0. The Morgan fingerprint density at radius 2 is 1.18 bits per heavy atom. The first-order chi connectivity index (χ1) is 13.7. The Bertz CT molecular complexity index is 1010. The summed E-state index contributed by atoms with van der Waals surface area (Å²) < 4.78 is 1.10. The standard InChI is InChI=1S/C11H10BNO2.C11H8BrN/c14-12(15)11-6-2-1-5-10(11)9-4-3-7-13-8-9;12-11-6-2-1-5-10(11)9-4-3-7-13-8-9/h1-8,14-15H;1-8H. The molecule has 2 N–H and O–H groups in total. The van der Waals surface area contributed by atoms with Crippen LogP contribution in [0.15, 0.2) is 102 Å². The number of hydrogen-bond acceptors (Lipinski definition) is 4. The number of aromatic nitrogens is 2. The molecule has 0 aliphatic rings. The molecule has 0 bridgehead atoms. The molecule has 28 heavy (non-hydrogen) atoms. The molecule has 138 valence electrons. The van der Waals surface area contributed by atoms with Gasteiger partial charge in [-0.3, -0.25) is 9.97 Å². The van der Waals surface area contributed by atoms with Gasteiger partial charge in [0.25, 0.3) is 0 Å². The van der Waals surface area contributed by atoms with Crippen LogP contribution in [-0.2, 0) is 0 Å². The molecule has 0 aliphatic carbocycles. The second-order valence-corrected chi connectivity index (χ2v) is 6.78. The summed E-state index contributed by atoms with van der Waals surface area (Å²) in [6.07, 6.45) is 7.02. The van der Waals surface area contributed by atoms with Crippen LogP contribution in [0.2, 0.25) is 0 Å². The van der Waals surface area contributed by atoms with E-state index >= 15 is 0 Å². The van der Waals surface area contributed by atoms with E-state index in [0.717, 1.165) is 21.2 Å². The van der Waals surface area contributed by atoms with E-state index in [-0.39, 0.29) is 0 Å². The van der Waals surface area contributed by atoms with Crippen molar-refractivity contribution in [1.29, 1.82) is 0 Å². The minimum Gasteiger partial charge on any atom is -0.423 e. The van der Waals surface area contributed by atoms with Crippen molar-refractivity contribution in [2.24, 2.45) is 0 Å². The van der Waals surface area contributed by atoms with Gasteiger partial charge in [-0.15, -0.1) is 0 Å². The van der Waals surface area contributed by atoms with Crippen molar-refractivity contribution in [3.05, 3.63) is 102 Å². The summed E-state index contributed by atoms with van der Waals surface area (Å²) in [6, 6.07) is 23.0. The highest BCUT2D eigenvalue weighted by Crippen LogP contribution is 2.26. The minimum absolute atomic E-state index is 0.491. The van der Waals surface area contributed by atoms with Crippen LogP contribution in [0.1, 0.15) is 0 Å². The van der Waals surface area contributed by atoms with Gasteiger partial charge in [0.05, 0.1) is 0 Å². The van der Waals surface area contributed by atoms with Crippen molar-refractivity contribution in [3.8, 4) is 22.3 Å². The summed E-state index contributed by atoms with van der Waals surface area (Å²) in [4.78, 5) is 8.08. The van der Waals surface area contributed by atoms with Crippen molar-refractivity contribution in [2.45, 2.75) is 0 Å². The topological polar surface area (TPSA) is 66.2 Å². The van der Waals surface area contributed by atoms with E-state index in [2.05, 4.69) is 32.0 Å². The molecule has 0 radical (unpaired) electrons. The maximum Gasteiger partial charge on any atom is 0.489 e. The summed E-state index contributed by atoms with van der Waals surface area (Å²) in [5, 5.41) is 18.4. The van der Waals surface area contributed by atoms with Crippen LogP contribution in [0.25, 0.3) is 22.3 Å². The number of benzene rings is 2. The highest BCUT2D eigenvalue weighted by molar-refractivity contribution is 9.10. The third-order valence-corrected chi connectivity index (χ3v) is 4.75. The van der Waals surface area contributed by atoms with E-state index in [9.17, 15) is 10.0 Å². The zero-order valence-electron chi connectivity index (χ0n) is 15.0. The molecule has 2 aromatic carbocycles. The molecule has 2 aromatic heterocycles. The largest absolute Gasteiger partial charge is 0.489 e. The fourth-order valence-electron chi connectivity index (χ4n) is 2.72. The molecule has 0 spiro atoms. The molecule has 0 atom stereocenters. The summed E-state index contributed by atoms with van der Waals surface area (Å²) in [5.41, 5.74) is 4.47. The molecule has 2 heterocycles. The lowest BCUT2D eigenvalue weighted by Crippen LogP contribution is -2.31. The third-order valence-electron chi connectivity index (χ3n) is 4.06. The molecule has 0 unspecified atom stereocenters. The average molecular weight is 433 g/mol. The number of hydrogen-bond donors (Lipinski definition) is 2. The van der Waals surface area contributed by atoms with Gasteiger partial charge in [0.1, 0.15) is 0 Å². The van der Waals surface area contributed by atoms with Crippen LogP contribution in [-0.4, -0.2) is 27.1 Å². The monoisotopic (exact) mass is 432 g/mol. The SMILES string of the molecule is Brc1ccccc1-c1cccnc1.OB(O)c1ccccc1-c1cccnc1. The maximum atomic E-state index is 9.20. The summed E-state index contributed by atoms with van der Waals surface area (Å²) in [7, 11) is -1.46. The molecule has 0 saturated carbocycles. The molecular weight excluding hydrogens is 415 g/mol. The van der Waals surface area contributed by atoms with E-state index in [1.165, 1.54) is 5.56 Å². The van der Waals surface area contributed by atoms with Crippen LogP contribution in [0.4, 0.5) is 0 Å². The molecule has 6 heteroatoms. The van der Waals surface area contributed by atoms with Gasteiger partial charge in [0.15, 0.2) is 0 Å². The Morgan fingerprint density at radius 1 is 0.643 bits per heavy atom. The van der Waals surface area contributed by atoms with Crippen molar-refractivity contribution in [1.82, 2.24) is 9.97 Å². The number of halogens is 1. The second-order valence-electron chi connectivity index (χ2n) is 5.92. The van der Waals surface area contributed by atoms with Crippen molar-refractivity contribution in [2.75, 3.05) is 0 Å². The van der Waals surface area contributed by atoms with Gasteiger partial charge in [-0.05, 0) is 40.4 Å². The molecule has 0 fully saturated rings. The van der Waals surface area contributed by atoms with E-state index < -0.39 is 7.12 Å². The Balaban J connectivity index is 0.000000162. The van der Waals surface area contributed by atoms with Crippen LogP contribution in [0.3, 0.4) is 0 Å². The van der Waals surface area contributed by atoms with Gasteiger partial charge in [-0.2, -0.15) is 0 Å².